The molecule has 2 aliphatic rings. The fourth-order valence-corrected chi connectivity index (χ4v) is 2.90. The highest BCUT2D eigenvalue weighted by atomic mass is 19.1. The van der Waals surface area contributed by atoms with E-state index in [0.29, 0.717) is 76.1 Å². The number of nitrogens with one attached hydrogen (secondary N) is 1. The first-order valence-electron chi connectivity index (χ1n) is 8.72. The maximum absolute atomic E-state index is 14.0. The zero-order chi connectivity index (χ0) is 17.8. The van der Waals surface area contributed by atoms with Crippen LogP contribution in [0.25, 0.3) is 0 Å². The van der Waals surface area contributed by atoms with Crippen LogP contribution in [0.2, 0.25) is 0 Å². The fraction of sp³-hybridized carbons (Fsp3) is 0.471. The Kier molecular flexibility index (Phi) is 5.07. The van der Waals surface area contributed by atoms with Gasteiger partial charge in [0.15, 0.2) is 0 Å². The lowest BCUT2D eigenvalue weighted by molar-refractivity contribution is 0.121. The summed E-state index contributed by atoms with van der Waals surface area (Å²) in [6.07, 6.45) is 0. The highest BCUT2D eigenvalue weighted by molar-refractivity contribution is 5.57. The first kappa shape index (κ1) is 16.9. The van der Waals surface area contributed by atoms with Gasteiger partial charge < -0.3 is 24.6 Å². The van der Waals surface area contributed by atoms with Crippen LogP contribution in [-0.2, 0) is 9.47 Å². The normalized spacial score (nSPS) is 18.0. The molecule has 2 aliphatic heterocycles. The summed E-state index contributed by atoms with van der Waals surface area (Å²) in [6, 6.07) is 6.46. The molecule has 138 valence electrons. The van der Waals surface area contributed by atoms with Gasteiger partial charge in [0, 0.05) is 26.2 Å². The van der Waals surface area contributed by atoms with Crippen LogP contribution in [0.4, 0.5) is 27.9 Å². The summed E-state index contributed by atoms with van der Waals surface area (Å²) in [5, 5.41) is 2.98. The number of aromatic nitrogens is 3. The molecule has 2 saturated heterocycles. The number of ether oxygens (including phenoxy) is 2. The van der Waals surface area contributed by atoms with Gasteiger partial charge >= 0.3 is 0 Å². The van der Waals surface area contributed by atoms with E-state index in [4.69, 9.17) is 9.47 Å². The van der Waals surface area contributed by atoms with Crippen LogP contribution in [-0.4, -0.2) is 67.6 Å². The molecule has 0 saturated carbocycles. The summed E-state index contributed by atoms with van der Waals surface area (Å²) in [7, 11) is 0. The Balaban J connectivity index is 1.66. The molecule has 0 atom stereocenters. The van der Waals surface area contributed by atoms with Gasteiger partial charge in [0.05, 0.1) is 32.1 Å². The Labute approximate surface area is 151 Å². The molecule has 0 spiro atoms. The van der Waals surface area contributed by atoms with Crippen LogP contribution in [0.1, 0.15) is 0 Å². The lowest BCUT2D eigenvalue weighted by atomic mass is 10.3. The summed E-state index contributed by atoms with van der Waals surface area (Å²) in [5.41, 5.74) is 0.333. The van der Waals surface area contributed by atoms with E-state index >= 15 is 0 Å². The minimum Gasteiger partial charge on any atom is -0.378 e. The third kappa shape index (κ3) is 3.83. The molecule has 4 rings (SSSR count). The Bertz CT molecular complexity index is 714. The molecule has 1 N–H and O–H groups in total. The standard InChI is InChI=1S/C17H21FN6O2/c18-13-3-1-2-4-14(13)19-15-20-16(23-5-9-25-10-6-23)22-17(21-15)24-7-11-26-12-8-24/h1-4H,5-12H2,(H,19,20,21,22). The van der Waals surface area contributed by atoms with Gasteiger partial charge in [-0.15, -0.1) is 0 Å². The minimum absolute atomic E-state index is 0.327. The van der Waals surface area contributed by atoms with Crippen molar-refractivity contribution < 1.29 is 13.9 Å². The van der Waals surface area contributed by atoms with Gasteiger partial charge in [0.1, 0.15) is 5.82 Å². The van der Waals surface area contributed by atoms with Crippen LogP contribution in [0.3, 0.4) is 0 Å². The Morgan fingerprint density at radius 3 is 1.88 bits per heavy atom. The molecule has 0 radical (unpaired) electrons. The van der Waals surface area contributed by atoms with Gasteiger partial charge in [-0.25, -0.2) is 4.39 Å². The third-order valence-corrected chi connectivity index (χ3v) is 4.32. The third-order valence-electron chi connectivity index (χ3n) is 4.32. The van der Waals surface area contributed by atoms with E-state index in [0.717, 1.165) is 0 Å². The Morgan fingerprint density at radius 1 is 0.808 bits per heavy atom. The minimum atomic E-state index is -0.353. The molecule has 1 aromatic carbocycles. The van der Waals surface area contributed by atoms with Gasteiger partial charge in [-0.05, 0) is 12.1 Å². The number of nitrogens with zero attached hydrogens (tertiary/aromatic N) is 5. The first-order valence-corrected chi connectivity index (χ1v) is 8.72. The van der Waals surface area contributed by atoms with Crippen molar-refractivity contribution in [2.75, 3.05) is 67.7 Å². The second-order valence-electron chi connectivity index (χ2n) is 6.06. The van der Waals surface area contributed by atoms with E-state index in [1.807, 2.05) is 0 Å². The first-order chi connectivity index (χ1) is 12.8. The molecular weight excluding hydrogens is 339 g/mol. The molecule has 0 amide bonds. The number of hydrogen-bond donors (Lipinski definition) is 1. The van der Waals surface area contributed by atoms with E-state index in [-0.39, 0.29) is 5.82 Å². The summed E-state index contributed by atoms with van der Waals surface area (Å²) >= 11 is 0. The molecule has 8 nitrogen and oxygen atoms in total. The number of hydrogen-bond acceptors (Lipinski definition) is 8. The van der Waals surface area contributed by atoms with E-state index in [9.17, 15) is 4.39 Å². The van der Waals surface area contributed by atoms with E-state index in [2.05, 4.69) is 30.1 Å². The fourth-order valence-electron chi connectivity index (χ4n) is 2.90. The predicted molar refractivity (Wildman–Crippen MR) is 95.6 cm³/mol. The summed E-state index contributed by atoms with van der Waals surface area (Å²) < 4.78 is 24.8. The zero-order valence-electron chi connectivity index (χ0n) is 14.4. The number of rotatable bonds is 4. The van der Waals surface area contributed by atoms with E-state index in [1.165, 1.54) is 6.07 Å². The van der Waals surface area contributed by atoms with Gasteiger partial charge in [0.25, 0.3) is 0 Å². The Morgan fingerprint density at radius 2 is 1.35 bits per heavy atom. The van der Waals surface area contributed by atoms with Crippen molar-refractivity contribution in [3.8, 4) is 0 Å². The maximum atomic E-state index is 14.0. The van der Waals surface area contributed by atoms with Crippen LogP contribution in [0, 0.1) is 5.82 Å². The SMILES string of the molecule is Fc1ccccc1Nc1nc(N2CCOCC2)nc(N2CCOCC2)n1. The Hall–Kier alpha value is -2.52. The number of anilines is 4. The smallest absolute Gasteiger partial charge is 0.233 e. The second kappa shape index (κ2) is 7.79. The summed E-state index contributed by atoms with van der Waals surface area (Å²) in [5.74, 6) is 1.12. The average molecular weight is 360 g/mol. The number of para-hydroxylation sites is 1. The predicted octanol–water partition coefficient (Wildman–Crippen LogP) is 1.43. The quantitative estimate of drug-likeness (QED) is 0.878. The van der Waals surface area contributed by atoms with Crippen LogP contribution >= 0.6 is 0 Å². The molecule has 1 aromatic heterocycles. The lowest BCUT2D eigenvalue weighted by Crippen LogP contribution is -2.40. The molecule has 0 aliphatic carbocycles. The van der Waals surface area contributed by atoms with Gasteiger partial charge in [-0.2, -0.15) is 15.0 Å². The molecule has 0 bridgehead atoms. The lowest BCUT2D eigenvalue weighted by Gasteiger charge is -2.30. The van der Waals surface area contributed by atoms with E-state index in [1.54, 1.807) is 18.2 Å². The van der Waals surface area contributed by atoms with E-state index < -0.39 is 0 Å². The van der Waals surface area contributed by atoms with Gasteiger partial charge in [0.2, 0.25) is 17.8 Å². The molecule has 2 aromatic rings. The topological polar surface area (TPSA) is 75.6 Å². The highest BCUT2D eigenvalue weighted by Crippen LogP contribution is 2.22. The van der Waals surface area contributed by atoms with Crippen LogP contribution in [0.15, 0.2) is 24.3 Å². The van der Waals surface area contributed by atoms with Crippen molar-refractivity contribution in [3.63, 3.8) is 0 Å². The number of halogens is 1. The maximum Gasteiger partial charge on any atom is 0.233 e. The van der Waals surface area contributed by atoms with Crippen LogP contribution in [0.5, 0.6) is 0 Å². The summed E-state index contributed by atoms with van der Waals surface area (Å²) in [6.45, 7) is 5.39. The number of benzene rings is 1. The molecular formula is C17H21FN6O2. The molecule has 3 heterocycles. The van der Waals surface area contributed by atoms with Crippen molar-refractivity contribution in [2.45, 2.75) is 0 Å². The molecule has 2 fully saturated rings. The largest absolute Gasteiger partial charge is 0.378 e. The molecule has 0 unspecified atom stereocenters. The monoisotopic (exact) mass is 360 g/mol. The van der Waals surface area contributed by atoms with Crippen LogP contribution < -0.4 is 15.1 Å². The summed E-state index contributed by atoms with van der Waals surface area (Å²) in [4.78, 5) is 17.7. The average Bonchev–Trinajstić information content (AvgIpc) is 2.71. The second-order valence-corrected chi connectivity index (χ2v) is 6.06. The van der Waals surface area contributed by atoms with Gasteiger partial charge in [-0.1, -0.05) is 12.1 Å². The number of morpholine rings is 2. The zero-order valence-corrected chi connectivity index (χ0v) is 14.4. The molecule has 26 heavy (non-hydrogen) atoms. The van der Waals surface area contributed by atoms with Gasteiger partial charge in [-0.3, -0.25) is 0 Å². The van der Waals surface area contributed by atoms with Crippen molar-refractivity contribution in [2.24, 2.45) is 0 Å². The van der Waals surface area contributed by atoms with Crippen molar-refractivity contribution in [1.82, 2.24) is 15.0 Å². The molecule has 9 heteroatoms. The van der Waals surface area contributed by atoms with Crippen molar-refractivity contribution in [3.05, 3.63) is 30.1 Å². The highest BCUT2D eigenvalue weighted by Gasteiger charge is 2.21. The van der Waals surface area contributed by atoms with Crippen molar-refractivity contribution >= 4 is 23.5 Å². The van der Waals surface area contributed by atoms with Crippen molar-refractivity contribution in [1.29, 1.82) is 0 Å².